The number of carbonyl (C=O) groups excluding carboxylic acids is 1. The van der Waals surface area contributed by atoms with E-state index in [4.69, 9.17) is 11.6 Å². The lowest BCUT2D eigenvalue weighted by atomic mass is 10.2. The van der Waals surface area contributed by atoms with Gasteiger partial charge in [-0.1, -0.05) is 23.7 Å². The van der Waals surface area contributed by atoms with Crippen molar-refractivity contribution in [3.63, 3.8) is 0 Å². The number of benzene rings is 1. The number of pyridine rings is 1. The topological polar surface area (TPSA) is 42.0 Å². The van der Waals surface area contributed by atoms with Crippen LogP contribution in [0.25, 0.3) is 0 Å². The Hall–Kier alpha value is -1.87. The van der Waals surface area contributed by atoms with Crippen molar-refractivity contribution in [1.82, 2.24) is 4.98 Å². The summed E-state index contributed by atoms with van der Waals surface area (Å²) in [7, 11) is 0. The number of aromatic nitrogens is 1. The molecule has 1 aromatic carbocycles. The molecule has 79 valence electrons. The molecule has 1 heterocycles. The number of carbonyl (C=O) groups is 1. The molecular formula is C12H8ClN2O. The number of anilines is 1. The number of halogens is 1. The fourth-order valence-corrected chi connectivity index (χ4v) is 1.46. The molecular weight excluding hydrogens is 224 g/mol. The van der Waals surface area contributed by atoms with Crippen LogP contribution >= 0.6 is 11.6 Å². The fourth-order valence-electron chi connectivity index (χ4n) is 1.24. The number of hydrogen-bond donors (Lipinski definition) is 1. The molecule has 1 aromatic heterocycles. The summed E-state index contributed by atoms with van der Waals surface area (Å²) in [5, 5.41) is 3.12. The summed E-state index contributed by atoms with van der Waals surface area (Å²) in [5.41, 5.74) is 1.06. The van der Waals surface area contributed by atoms with Gasteiger partial charge in [-0.3, -0.25) is 9.78 Å². The van der Waals surface area contributed by atoms with E-state index in [2.05, 4.69) is 16.5 Å². The Morgan fingerprint density at radius 3 is 2.81 bits per heavy atom. The zero-order chi connectivity index (χ0) is 11.4. The summed E-state index contributed by atoms with van der Waals surface area (Å²) in [4.78, 5) is 15.6. The van der Waals surface area contributed by atoms with Crippen molar-refractivity contribution in [2.45, 2.75) is 0 Å². The summed E-state index contributed by atoms with van der Waals surface area (Å²) in [6.07, 6.45) is 4.15. The third-order valence-corrected chi connectivity index (χ3v) is 2.32. The number of amides is 1. The summed E-state index contributed by atoms with van der Waals surface area (Å²) >= 11 is 5.90. The minimum atomic E-state index is -0.251. The number of rotatable bonds is 2. The second kappa shape index (κ2) is 4.77. The zero-order valence-electron chi connectivity index (χ0n) is 8.27. The second-order valence-corrected chi connectivity index (χ2v) is 3.52. The Bertz CT molecular complexity index is 499. The molecule has 0 bridgehead atoms. The highest BCUT2D eigenvalue weighted by atomic mass is 35.5. The monoisotopic (exact) mass is 231 g/mol. The van der Waals surface area contributed by atoms with Gasteiger partial charge in [0.15, 0.2) is 0 Å². The van der Waals surface area contributed by atoms with Crippen LogP contribution < -0.4 is 5.32 Å². The van der Waals surface area contributed by atoms with E-state index < -0.39 is 0 Å². The van der Waals surface area contributed by atoms with E-state index in [9.17, 15) is 4.79 Å². The Morgan fingerprint density at radius 2 is 2.12 bits per heavy atom. The quantitative estimate of drug-likeness (QED) is 0.864. The highest BCUT2D eigenvalue weighted by Gasteiger charge is 2.09. The van der Waals surface area contributed by atoms with Crippen LogP contribution in [0.4, 0.5) is 5.69 Å². The lowest BCUT2D eigenvalue weighted by molar-refractivity contribution is 0.102. The molecule has 0 aliphatic heterocycles. The van der Waals surface area contributed by atoms with Gasteiger partial charge in [0.1, 0.15) is 0 Å². The molecule has 0 saturated heterocycles. The van der Waals surface area contributed by atoms with E-state index in [-0.39, 0.29) is 5.91 Å². The van der Waals surface area contributed by atoms with Gasteiger partial charge in [0.05, 0.1) is 28.7 Å². The Morgan fingerprint density at radius 1 is 1.31 bits per heavy atom. The second-order valence-electron chi connectivity index (χ2n) is 3.11. The number of nitrogens with zero attached hydrogens (tertiary/aromatic N) is 1. The molecule has 1 radical (unpaired) electrons. The molecule has 2 rings (SSSR count). The molecule has 0 spiro atoms. The van der Waals surface area contributed by atoms with Crippen LogP contribution in [0.1, 0.15) is 10.4 Å². The Labute approximate surface area is 98.1 Å². The van der Waals surface area contributed by atoms with Gasteiger partial charge >= 0.3 is 0 Å². The first-order chi connectivity index (χ1) is 7.77. The lowest BCUT2D eigenvalue weighted by Crippen LogP contribution is -2.12. The van der Waals surface area contributed by atoms with Gasteiger partial charge in [0.25, 0.3) is 5.91 Å². The molecule has 4 heteroatoms. The molecule has 2 aromatic rings. The summed E-state index contributed by atoms with van der Waals surface area (Å²) in [6, 6.07) is 10.2. The van der Waals surface area contributed by atoms with E-state index in [0.717, 1.165) is 0 Å². The van der Waals surface area contributed by atoms with Crippen molar-refractivity contribution in [2.24, 2.45) is 0 Å². The third kappa shape index (κ3) is 2.38. The highest BCUT2D eigenvalue weighted by Crippen LogP contribution is 2.16. The molecule has 3 nitrogen and oxygen atoms in total. The van der Waals surface area contributed by atoms with Crippen LogP contribution in [0.15, 0.2) is 42.6 Å². The number of hydrogen-bond acceptors (Lipinski definition) is 2. The Kier molecular flexibility index (Phi) is 3.17. The molecule has 0 unspecified atom stereocenters. The summed E-state index contributed by atoms with van der Waals surface area (Å²) < 4.78 is 0. The Balaban J connectivity index is 2.19. The van der Waals surface area contributed by atoms with Crippen LogP contribution in [0, 0.1) is 6.20 Å². The first-order valence-electron chi connectivity index (χ1n) is 4.65. The first-order valence-corrected chi connectivity index (χ1v) is 5.03. The van der Waals surface area contributed by atoms with E-state index in [0.29, 0.717) is 16.3 Å². The van der Waals surface area contributed by atoms with Gasteiger partial charge in [-0.05, 0) is 24.3 Å². The van der Waals surface area contributed by atoms with Gasteiger partial charge in [-0.2, -0.15) is 0 Å². The normalized spacial score (nSPS) is 9.81. The van der Waals surface area contributed by atoms with Gasteiger partial charge in [0, 0.05) is 0 Å². The number of nitrogens with one attached hydrogen (secondary N) is 1. The van der Waals surface area contributed by atoms with Crippen LogP contribution in [0.2, 0.25) is 5.02 Å². The summed E-state index contributed by atoms with van der Waals surface area (Å²) in [5.74, 6) is -0.251. The average molecular weight is 232 g/mol. The van der Waals surface area contributed by atoms with Crippen LogP contribution in [-0.2, 0) is 0 Å². The van der Waals surface area contributed by atoms with Crippen LogP contribution in [0.3, 0.4) is 0 Å². The highest BCUT2D eigenvalue weighted by molar-refractivity contribution is 6.34. The first kappa shape index (κ1) is 10.6. The predicted molar refractivity (Wildman–Crippen MR) is 62.5 cm³/mol. The maximum atomic E-state index is 11.8. The predicted octanol–water partition coefficient (Wildman–Crippen LogP) is 2.79. The van der Waals surface area contributed by atoms with E-state index in [1.807, 2.05) is 0 Å². The lowest BCUT2D eigenvalue weighted by Gasteiger charge is -2.05. The maximum Gasteiger partial charge on any atom is 0.257 e. The molecule has 0 fully saturated rings. The summed E-state index contributed by atoms with van der Waals surface area (Å²) in [6.45, 7) is 0. The van der Waals surface area contributed by atoms with Crippen molar-refractivity contribution in [3.8, 4) is 0 Å². The van der Waals surface area contributed by atoms with Crippen molar-refractivity contribution in [1.29, 1.82) is 0 Å². The third-order valence-electron chi connectivity index (χ3n) is 1.99. The van der Waals surface area contributed by atoms with E-state index in [1.165, 1.54) is 6.20 Å². The van der Waals surface area contributed by atoms with Crippen molar-refractivity contribution < 1.29 is 4.79 Å². The average Bonchev–Trinajstić information content (AvgIpc) is 2.31. The van der Waals surface area contributed by atoms with Crippen molar-refractivity contribution in [3.05, 3.63) is 59.4 Å². The minimum Gasteiger partial charge on any atom is -0.321 e. The standard InChI is InChI=1S/C12H8ClN2O/c13-11-6-2-1-5-10(11)12(16)15-9-4-3-7-14-8-9/h1-6,8H,(H,15,16). The van der Waals surface area contributed by atoms with Crippen LogP contribution in [0.5, 0.6) is 0 Å². The zero-order valence-corrected chi connectivity index (χ0v) is 9.03. The largest absolute Gasteiger partial charge is 0.321 e. The van der Waals surface area contributed by atoms with E-state index >= 15 is 0 Å². The molecule has 0 aliphatic carbocycles. The molecule has 0 saturated carbocycles. The van der Waals surface area contributed by atoms with Gasteiger partial charge in [-0.25, -0.2) is 0 Å². The van der Waals surface area contributed by atoms with Gasteiger partial charge in [-0.15, -0.1) is 0 Å². The van der Waals surface area contributed by atoms with Gasteiger partial charge < -0.3 is 5.32 Å². The van der Waals surface area contributed by atoms with Gasteiger partial charge in [0.2, 0.25) is 0 Å². The van der Waals surface area contributed by atoms with Crippen molar-refractivity contribution >= 4 is 23.2 Å². The fraction of sp³-hybridized carbons (Fsp3) is 0. The SMILES string of the molecule is O=C(Nc1cc[c]nc1)c1ccccc1Cl. The van der Waals surface area contributed by atoms with Crippen LogP contribution in [-0.4, -0.2) is 10.9 Å². The smallest absolute Gasteiger partial charge is 0.257 e. The molecule has 16 heavy (non-hydrogen) atoms. The van der Waals surface area contributed by atoms with Crippen molar-refractivity contribution in [2.75, 3.05) is 5.32 Å². The molecule has 0 atom stereocenters. The molecule has 1 N–H and O–H groups in total. The maximum absolute atomic E-state index is 11.8. The molecule has 1 amide bonds. The minimum absolute atomic E-state index is 0.251. The van der Waals surface area contributed by atoms with E-state index in [1.54, 1.807) is 36.4 Å². The molecule has 0 aliphatic rings.